The van der Waals surface area contributed by atoms with E-state index in [4.69, 9.17) is 15.6 Å². The maximum Gasteiger partial charge on any atom is 0.365 e. The van der Waals surface area contributed by atoms with Crippen LogP contribution in [0.1, 0.15) is 32.1 Å². The molecule has 1 saturated carbocycles. The first-order valence-electron chi connectivity index (χ1n) is 8.73. The second-order valence-corrected chi connectivity index (χ2v) is 7.11. The van der Waals surface area contributed by atoms with Crippen LogP contribution in [0.5, 0.6) is 0 Å². The predicted octanol–water partition coefficient (Wildman–Crippen LogP) is -2.67. The molecule has 8 N–H and O–H groups in total. The third-order valence-corrected chi connectivity index (χ3v) is 5.39. The molecule has 1 saturated heterocycles. The summed E-state index contributed by atoms with van der Waals surface area (Å²) in [6, 6.07) is -1.46. The Hall–Kier alpha value is -1.14. The highest BCUT2D eigenvalue weighted by molar-refractivity contribution is 5.91. The molecule has 2 fully saturated rings. The monoisotopic (exact) mass is 377 g/mol. The van der Waals surface area contributed by atoms with Gasteiger partial charge in [-0.15, -0.1) is 0 Å². The van der Waals surface area contributed by atoms with Gasteiger partial charge in [-0.1, -0.05) is 19.3 Å². The quantitative estimate of drug-likeness (QED) is 0.257. The first-order chi connectivity index (χ1) is 12.1. The zero-order chi connectivity index (χ0) is 19.6. The summed E-state index contributed by atoms with van der Waals surface area (Å²) in [4.78, 5) is 24.5. The van der Waals surface area contributed by atoms with E-state index < -0.39 is 66.4 Å². The third kappa shape index (κ3) is 3.77. The van der Waals surface area contributed by atoms with Gasteiger partial charge in [0.15, 0.2) is 0 Å². The summed E-state index contributed by atoms with van der Waals surface area (Å²) in [6.07, 6.45) is -3.59. The van der Waals surface area contributed by atoms with Gasteiger partial charge in [0.05, 0.1) is 18.8 Å². The minimum atomic E-state index is -3.11. The summed E-state index contributed by atoms with van der Waals surface area (Å²) in [7, 11) is 0. The number of aliphatic hydroxyl groups is 5. The second-order valence-electron chi connectivity index (χ2n) is 7.11. The minimum absolute atomic E-state index is 0.516. The summed E-state index contributed by atoms with van der Waals surface area (Å²) in [5.74, 6) is -8.01. The molecular weight excluding hydrogens is 350 g/mol. The van der Waals surface area contributed by atoms with E-state index in [0.717, 1.165) is 19.3 Å². The van der Waals surface area contributed by atoms with Crippen molar-refractivity contribution >= 4 is 11.8 Å². The smallest absolute Gasteiger partial charge is 0.365 e. The van der Waals surface area contributed by atoms with Crippen molar-refractivity contribution in [2.45, 2.75) is 68.3 Å². The lowest BCUT2D eigenvalue weighted by Gasteiger charge is -2.48. The molecule has 0 aromatic carbocycles. The molecule has 2 unspecified atom stereocenters. The van der Waals surface area contributed by atoms with Gasteiger partial charge in [0.25, 0.3) is 5.79 Å². The van der Waals surface area contributed by atoms with Gasteiger partial charge in [-0.25, -0.2) is 4.79 Å². The SMILES string of the molecule is N[C@H]1[C@H]([C@H](O)[C@H](O)CO)OC(O)(C(=O)O)C(C(=O)C2CCCCC2)[C@@H]1O. The Morgan fingerprint density at radius 3 is 2.27 bits per heavy atom. The summed E-state index contributed by atoms with van der Waals surface area (Å²) in [5, 5.41) is 59.0. The van der Waals surface area contributed by atoms with Crippen LogP contribution in [0.4, 0.5) is 0 Å². The number of ether oxygens (including phenoxy) is 1. The lowest BCUT2D eigenvalue weighted by Crippen LogP contribution is -2.72. The van der Waals surface area contributed by atoms with Crippen LogP contribution in [0, 0.1) is 11.8 Å². The Balaban J connectivity index is 2.33. The van der Waals surface area contributed by atoms with Crippen molar-refractivity contribution in [1.82, 2.24) is 0 Å². The fraction of sp³-hybridized carbons (Fsp3) is 0.875. The largest absolute Gasteiger partial charge is 0.477 e. The van der Waals surface area contributed by atoms with Crippen LogP contribution >= 0.6 is 0 Å². The van der Waals surface area contributed by atoms with Crippen molar-refractivity contribution in [1.29, 1.82) is 0 Å². The van der Waals surface area contributed by atoms with Crippen LogP contribution in [-0.4, -0.2) is 85.2 Å². The molecule has 10 nitrogen and oxygen atoms in total. The van der Waals surface area contributed by atoms with Crippen molar-refractivity contribution in [3.05, 3.63) is 0 Å². The molecule has 7 atom stereocenters. The number of hydrogen-bond donors (Lipinski definition) is 7. The van der Waals surface area contributed by atoms with Crippen LogP contribution in [0.25, 0.3) is 0 Å². The number of aliphatic hydroxyl groups excluding tert-OH is 4. The number of aliphatic carboxylic acids is 1. The number of hydrogen-bond acceptors (Lipinski definition) is 9. The molecule has 2 rings (SSSR count). The Kier molecular flexibility index (Phi) is 6.72. The van der Waals surface area contributed by atoms with Gasteiger partial charge < -0.3 is 41.1 Å². The second kappa shape index (κ2) is 8.26. The fourth-order valence-corrected chi connectivity index (χ4v) is 3.82. The summed E-state index contributed by atoms with van der Waals surface area (Å²) < 4.78 is 5.06. The van der Waals surface area contributed by atoms with Gasteiger partial charge in [0, 0.05) is 5.92 Å². The minimum Gasteiger partial charge on any atom is -0.477 e. The Labute approximate surface area is 150 Å². The summed E-state index contributed by atoms with van der Waals surface area (Å²) >= 11 is 0. The maximum atomic E-state index is 12.8. The van der Waals surface area contributed by atoms with Gasteiger partial charge in [0.1, 0.15) is 30.0 Å². The number of carbonyl (C=O) groups is 2. The van der Waals surface area contributed by atoms with E-state index in [1.165, 1.54) is 0 Å². The highest BCUT2D eigenvalue weighted by atomic mass is 16.7. The Bertz CT molecular complexity index is 524. The normalized spacial score (nSPS) is 38.5. The van der Waals surface area contributed by atoms with Crippen molar-refractivity contribution in [2.75, 3.05) is 6.61 Å². The molecule has 26 heavy (non-hydrogen) atoms. The molecular formula is C16H27NO9. The molecule has 0 aromatic rings. The average molecular weight is 377 g/mol. The lowest BCUT2D eigenvalue weighted by atomic mass is 9.72. The van der Waals surface area contributed by atoms with Crippen LogP contribution in [-0.2, 0) is 14.3 Å². The van der Waals surface area contributed by atoms with Crippen molar-refractivity contribution in [3.63, 3.8) is 0 Å². The van der Waals surface area contributed by atoms with Crippen molar-refractivity contribution < 1.29 is 45.0 Å². The number of carboxylic acid groups (broad SMARTS) is 1. The molecule has 0 radical (unpaired) electrons. The molecule has 0 aromatic heterocycles. The van der Waals surface area contributed by atoms with Crippen LogP contribution in [0.15, 0.2) is 0 Å². The number of nitrogens with two attached hydrogens (primary N) is 1. The van der Waals surface area contributed by atoms with E-state index in [9.17, 15) is 35.1 Å². The van der Waals surface area contributed by atoms with E-state index in [1.54, 1.807) is 0 Å². The van der Waals surface area contributed by atoms with E-state index in [1.807, 2.05) is 0 Å². The van der Waals surface area contributed by atoms with Crippen molar-refractivity contribution in [3.8, 4) is 0 Å². The highest BCUT2D eigenvalue weighted by Crippen LogP contribution is 2.39. The van der Waals surface area contributed by atoms with E-state index in [0.29, 0.717) is 12.8 Å². The number of ketones is 1. The van der Waals surface area contributed by atoms with Crippen molar-refractivity contribution in [2.24, 2.45) is 17.6 Å². The lowest BCUT2D eigenvalue weighted by molar-refractivity contribution is -0.312. The highest BCUT2D eigenvalue weighted by Gasteiger charge is 2.62. The number of carbonyl (C=O) groups excluding carboxylic acids is 1. The number of carboxylic acids is 1. The topological polar surface area (TPSA) is 191 Å². The molecule has 1 heterocycles. The fourth-order valence-electron chi connectivity index (χ4n) is 3.82. The van der Waals surface area contributed by atoms with Gasteiger partial charge in [0.2, 0.25) is 0 Å². The summed E-state index contributed by atoms with van der Waals surface area (Å²) in [5.41, 5.74) is 5.81. The van der Waals surface area contributed by atoms with Crippen LogP contribution in [0.2, 0.25) is 0 Å². The van der Waals surface area contributed by atoms with Crippen LogP contribution in [0.3, 0.4) is 0 Å². The van der Waals surface area contributed by atoms with E-state index >= 15 is 0 Å². The third-order valence-electron chi connectivity index (χ3n) is 5.39. The van der Waals surface area contributed by atoms with Crippen LogP contribution < -0.4 is 5.73 Å². The zero-order valence-corrected chi connectivity index (χ0v) is 14.3. The van der Waals surface area contributed by atoms with Gasteiger partial charge >= 0.3 is 5.97 Å². The van der Waals surface area contributed by atoms with Gasteiger partial charge in [-0.05, 0) is 12.8 Å². The molecule has 2 aliphatic rings. The van der Waals surface area contributed by atoms with Gasteiger partial charge in [-0.2, -0.15) is 0 Å². The zero-order valence-electron chi connectivity index (χ0n) is 14.3. The number of rotatable bonds is 6. The molecule has 1 aliphatic carbocycles. The molecule has 150 valence electrons. The summed E-state index contributed by atoms with van der Waals surface area (Å²) in [6.45, 7) is -0.875. The van der Waals surface area contributed by atoms with E-state index in [2.05, 4.69) is 0 Å². The molecule has 1 aliphatic heterocycles. The first kappa shape index (κ1) is 21.2. The van der Waals surface area contributed by atoms with E-state index in [-0.39, 0.29) is 0 Å². The molecule has 0 spiro atoms. The Morgan fingerprint density at radius 1 is 1.19 bits per heavy atom. The average Bonchev–Trinajstić information content (AvgIpc) is 2.64. The first-order valence-corrected chi connectivity index (χ1v) is 8.73. The maximum absolute atomic E-state index is 12.8. The van der Waals surface area contributed by atoms with Gasteiger partial charge in [-0.3, -0.25) is 4.79 Å². The molecule has 0 amide bonds. The standard InChI is InChI=1S/C16H27NO9/c17-10-13(22)9(11(20)7-4-2-1-3-5-7)16(25,15(23)24)26-14(10)12(21)8(19)6-18/h7-10,12-14,18-19,21-22,25H,1-6,17H2,(H,23,24)/t8-,9?,10-,12-,13+,14-,16?/m1/s1. The predicted molar refractivity (Wildman–Crippen MR) is 85.6 cm³/mol. The molecule has 0 bridgehead atoms. The Morgan fingerprint density at radius 2 is 1.77 bits per heavy atom. The number of Topliss-reactive ketones (excluding diaryl/α,β-unsaturated/α-hetero) is 1. The molecule has 10 heteroatoms.